The summed E-state index contributed by atoms with van der Waals surface area (Å²) in [5.41, 5.74) is 0.385. The zero-order valence-electron chi connectivity index (χ0n) is 17.2. The van der Waals surface area contributed by atoms with E-state index in [0.29, 0.717) is 25.1 Å². The van der Waals surface area contributed by atoms with Gasteiger partial charge in [0.15, 0.2) is 6.04 Å². The summed E-state index contributed by atoms with van der Waals surface area (Å²) in [6.07, 6.45) is 4.38. The lowest BCUT2D eigenvalue weighted by Crippen LogP contribution is -2.90. The predicted molar refractivity (Wildman–Crippen MR) is 113 cm³/mol. The maximum atomic E-state index is 13.2. The van der Waals surface area contributed by atoms with Crippen LogP contribution in [0, 0.1) is 0 Å². The van der Waals surface area contributed by atoms with Crippen LogP contribution < -0.4 is 16.0 Å². The molecule has 1 aromatic rings. The zero-order valence-corrected chi connectivity index (χ0v) is 18.0. The molecule has 3 saturated heterocycles. The fourth-order valence-corrected chi connectivity index (χ4v) is 5.17. The van der Waals surface area contributed by atoms with E-state index in [0.717, 1.165) is 18.1 Å². The van der Waals surface area contributed by atoms with Crippen molar-refractivity contribution in [2.75, 3.05) is 37.8 Å². The Kier molecular flexibility index (Phi) is 6.71. The first-order chi connectivity index (χ1) is 15.0. The van der Waals surface area contributed by atoms with Crippen LogP contribution in [0.2, 0.25) is 0 Å². The van der Waals surface area contributed by atoms with Gasteiger partial charge in [-0.05, 0) is 25.0 Å². The number of quaternary nitrogens is 1. The van der Waals surface area contributed by atoms with E-state index in [1.807, 2.05) is 5.32 Å². The van der Waals surface area contributed by atoms with Crippen molar-refractivity contribution in [2.45, 2.75) is 31.0 Å². The Bertz CT molecular complexity index is 847. The van der Waals surface area contributed by atoms with E-state index in [4.69, 9.17) is 0 Å². The fraction of sp³-hybridized carbons (Fsp3) is 0.550. The van der Waals surface area contributed by atoms with Crippen LogP contribution in [-0.4, -0.2) is 94.3 Å². The molecule has 0 aliphatic carbocycles. The van der Waals surface area contributed by atoms with Gasteiger partial charge in [0.05, 0.1) is 17.9 Å². The predicted octanol–water partition coefficient (Wildman–Crippen LogP) is -2.23. The van der Waals surface area contributed by atoms with Gasteiger partial charge in [-0.25, -0.2) is 0 Å². The number of nitrogens with zero attached hydrogens (tertiary/aromatic N) is 3. The number of hydrogen-bond acceptors (Lipinski definition) is 6. The third kappa shape index (κ3) is 4.82. The van der Waals surface area contributed by atoms with Gasteiger partial charge in [-0.15, -0.1) is 0 Å². The summed E-state index contributed by atoms with van der Waals surface area (Å²) >= 11 is 1.71. The number of aromatic nitrogens is 1. The minimum Gasteiger partial charge on any atom is -0.354 e. The summed E-state index contributed by atoms with van der Waals surface area (Å²) in [7, 11) is 0. The molecule has 0 bridgehead atoms. The first-order valence-corrected chi connectivity index (χ1v) is 11.7. The van der Waals surface area contributed by atoms with Gasteiger partial charge in [0, 0.05) is 32.0 Å². The number of hydrogen-bond donors (Lipinski definition) is 3. The number of piperidine rings is 1. The lowest BCUT2D eigenvalue weighted by molar-refractivity contribution is -0.649. The van der Waals surface area contributed by atoms with Crippen LogP contribution in [0.15, 0.2) is 24.5 Å². The van der Waals surface area contributed by atoms with Gasteiger partial charge in [0.1, 0.15) is 18.0 Å². The molecule has 0 aromatic carbocycles. The van der Waals surface area contributed by atoms with E-state index in [1.165, 1.54) is 11.1 Å². The second-order valence-electron chi connectivity index (χ2n) is 7.91. The Morgan fingerprint density at radius 2 is 2.16 bits per heavy atom. The number of carbonyl (C=O) groups excluding carboxylic acids is 4. The average molecular weight is 448 g/mol. The minimum atomic E-state index is -0.866. The minimum absolute atomic E-state index is 0.00770. The van der Waals surface area contributed by atoms with Gasteiger partial charge >= 0.3 is 0 Å². The molecule has 4 N–H and O–H groups in total. The van der Waals surface area contributed by atoms with E-state index in [2.05, 4.69) is 15.6 Å². The Labute approximate surface area is 184 Å². The summed E-state index contributed by atoms with van der Waals surface area (Å²) in [6, 6.07) is 1.68. The highest BCUT2D eigenvalue weighted by molar-refractivity contribution is 7.99. The highest BCUT2D eigenvalue weighted by atomic mass is 32.2. The van der Waals surface area contributed by atoms with Crippen LogP contribution in [-0.2, 0) is 14.4 Å². The molecule has 10 nitrogen and oxygen atoms in total. The summed E-state index contributed by atoms with van der Waals surface area (Å²) in [5, 5.41) is 7.55. The summed E-state index contributed by atoms with van der Waals surface area (Å²) < 4.78 is 0. The van der Waals surface area contributed by atoms with Gasteiger partial charge in [0.2, 0.25) is 11.8 Å². The number of pyridine rings is 1. The van der Waals surface area contributed by atoms with Crippen molar-refractivity contribution >= 4 is 35.4 Å². The Morgan fingerprint density at radius 3 is 2.87 bits per heavy atom. The SMILES string of the molecule is O=C1NCCC[C@@H]1NC(=O)[C@H]1CN(C(=O)[C@@H]2CSC[NH2+]2)CCN1C(=O)c1cccnc1. The summed E-state index contributed by atoms with van der Waals surface area (Å²) in [5.74, 6) is 0.638. The normalized spacial score (nSPS) is 26.3. The van der Waals surface area contributed by atoms with Crippen molar-refractivity contribution in [2.24, 2.45) is 0 Å². The van der Waals surface area contributed by atoms with E-state index in [-0.39, 0.29) is 36.9 Å². The lowest BCUT2D eigenvalue weighted by Gasteiger charge is -2.41. The number of piperazine rings is 1. The van der Waals surface area contributed by atoms with Crippen LogP contribution in [0.25, 0.3) is 0 Å². The van der Waals surface area contributed by atoms with Gasteiger partial charge in [-0.1, -0.05) is 11.8 Å². The van der Waals surface area contributed by atoms with Crippen LogP contribution in [0.4, 0.5) is 0 Å². The first kappa shape index (κ1) is 21.6. The molecule has 3 atom stereocenters. The molecule has 0 unspecified atom stereocenters. The standard InChI is InChI=1S/C20H26N6O4S/c27-17-14(4-2-6-22-17)24-18(28)16-10-25(20(30)15-11-31-12-23-15)7-8-26(16)19(29)13-3-1-5-21-9-13/h1,3,5,9,14-16,23H,2,4,6-8,10-12H2,(H,22,27)(H,24,28)/p+1/t14-,15-,16+/m0/s1. The third-order valence-corrected chi connectivity index (χ3v) is 6.90. The van der Waals surface area contributed by atoms with Crippen molar-refractivity contribution in [3.05, 3.63) is 30.1 Å². The maximum absolute atomic E-state index is 13.2. The molecule has 31 heavy (non-hydrogen) atoms. The molecule has 11 heteroatoms. The average Bonchev–Trinajstić information content (AvgIpc) is 3.35. The van der Waals surface area contributed by atoms with Crippen molar-refractivity contribution in [1.29, 1.82) is 0 Å². The van der Waals surface area contributed by atoms with Crippen molar-refractivity contribution in [3.63, 3.8) is 0 Å². The molecular formula is C20H27N6O4S+. The molecule has 0 saturated carbocycles. The first-order valence-electron chi connectivity index (χ1n) is 10.5. The molecule has 4 amide bonds. The highest BCUT2D eigenvalue weighted by Crippen LogP contribution is 2.17. The van der Waals surface area contributed by atoms with Crippen molar-refractivity contribution in [3.8, 4) is 0 Å². The lowest BCUT2D eigenvalue weighted by atomic mass is 10.0. The number of nitrogens with one attached hydrogen (secondary N) is 2. The molecule has 1 aromatic heterocycles. The largest absolute Gasteiger partial charge is 0.354 e. The summed E-state index contributed by atoms with van der Waals surface area (Å²) in [4.78, 5) is 58.5. The third-order valence-electron chi connectivity index (χ3n) is 5.88. The Morgan fingerprint density at radius 1 is 1.29 bits per heavy atom. The molecule has 166 valence electrons. The van der Waals surface area contributed by atoms with E-state index in [9.17, 15) is 19.2 Å². The van der Waals surface area contributed by atoms with Gasteiger partial charge in [-0.2, -0.15) is 0 Å². The van der Waals surface area contributed by atoms with Gasteiger partial charge in [0.25, 0.3) is 11.8 Å². The molecule has 3 aliphatic heterocycles. The number of amides is 4. The molecule has 3 aliphatic rings. The monoisotopic (exact) mass is 447 g/mol. The highest BCUT2D eigenvalue weighted by Gasteiger charge is 2.41. The van der Waals surface area contributed by atoms with Crippen LogP contribution in [0.1, 0.15) is 23.2 Å². The zero-order chi connectivity index (χ0) is 21.8. The molecule has 3 fully saturated rings. The van der Waals surface area contributed by atoms with E-state index in [1.54, 1.807) is 35.0 Å². The molecule has 0 radical (unpaired) electrons. The number of carbonyl (C=O) groups is 4. The number of thioether (sulfide) groups is 1. The molecule has 4 heterocycles. The Balaban J connectivity index is 1.52. The van der Waals surface area contributed by atoms with Crippen LogP contribution in [0.3, 0.4) is 0 Å². The van der Waals surface area contributed by atoms with Gasteiger partial charge < -0.3 is 25.8 Å². The quantitative estimate of drug-likeness (QED) is 0.479. The maximum Gasteiger partial charge on any atom is 0.281 e. The number of rotatable bonds is 4. The van der Waals surface area contributed by atoms with Gasteiger partial charge in [-0.3, -0.25) is 24.2 Å². The smallest absolute Gasteiger partial charge is 0.281 e. The van der Waals surface area contributed by atoms with E-state index >= 15 is 0 Å². The van der Waals surface area contributed by atoms with E-state index < -0.39 is 18.0 Å². The Hall–Kier alpha value is -2.66. The second-order valence-corrected chi connectivity index (χ2v) is 8.99. The fourth-order valence-electron chi connectivity index (χ4n) is 4.14. The van der Waals surface area contributed by atoms with Crippen LogP contribution in [0.5, 0.6) is 0 Å². The summed E-state index contributed by atoms with van der Waals surface area (Å²) in [6.45, 7) is 1.32. The number of nitrogens with two attached hydrogens (primary N) is 1. The van der Waals surface area contributed by atoms with Crippen LogP contribution >= 0.6 is 11.8 Å². The second kappa shape index (κ2) is 9.65. The molecule has 4 rings (SSSR count). The van der Waals surface area contributed by atoms with Crippen molar-refractivity contribution in [1.82, 2.24) is 25.4 Å². The van der Waals surface area contributed by atoms with Crippen molar-refractivity contribution < 1.29 is 24.5 Å². The topological polar surface area (TPSA) is 128 Å². The molecule has 0 spiro atoms. The molecular weight excluding hydrogens is 420 g/mol.